The second-order valence-electron chi connectivity index (χ2n) is 4.31. The van der Waals surface area contributed by atoms with Crippen LogP contribution in [0.25, 0.3) is 10.9 Å². The van der Waals surface area contributed by atoms with Gasteiger partial charge in [-0.3, -0.25) is 4.79 Å². The molecule has 0 bridgehead atoms. The number of halogens is 2. The lowest BCUT2D eigenvalue weighted by atomic mass is 10.0. The highest BCUT2D eigenvalue weighted by Crippen LogP contribution is 2.43. The number of nitrogens with zero attached hydrogens (tertiary/aromatic N) is 1. The normalized spacial score (nSPS) is 15.7. The van der Waals surface area contributed by atoms with Crippen LogP contribution in [0, 0.1) is 0 Å². The van der Waals surface area contributed by atoms with Crippen molar-refractivity contribution in [3.63, 3.8) is 0 Å². The third-order valence-corrected chi connectivity index (χ3v) is 3.06. The lowest BCUT2D eigenvalue weighted by molar-refractivity contribution is 0.151. The topological polar surface area (TPSA) is 45.8 Å². The molecule has 0 amide bonds. The van der Waals surface area contributed by atoms with Gasteiger partial charge in [-0.25, -0.2) is 13.8 Å². The lowest BCUT2D eigenvalue weighted by Gasteiger charge is -2.07. The zero-order valence-corrected chi connectivity index (χ0v) is 8.91. The number of aromatic nitrogens is 2. The number of aromatic amines is 1. The maximum atomic E-state index is 12.8. The highest BCUT2D eigenvalue weighted by Gasteiger charge is 2.27. The van der Waals surface area contributed by atoms with E-state index in [-0.39, 0.29) is 22.4 Å². The second-order valence-corrected chi connectivity index (χ2v) is 4.31. The molecule has 0 saturated heterocycles. The first-order valence-corrected chi connectivity index (χ1v) is 5.46. The molecule has 1 fully saturated rings. The molecule has 1 aromatic carbocycles. The number of hydrogen-bond donors (Lipinski definition) is 1. The minimum atomic E-state index is -2.56. The average molecular weight is 236 g/mol. The summed E-state index contributed by atoms with van der Waals surface area (Å²) < 4.78 is 25.5. The fraction of sp³-hybridized carbons (Fsp3) is 0.333. The molecule has 0 atom stereocenters. The summed E-state index contributed by atoms with van der Waals surface area (Å²) >= 11 is 0. The van der Waals surface area contributed by atoms with Crippen LogP contribution in [0.4, 0.5) is 8.78 Å². The summed E-state index contributed by atoms with van der Waals surface area (Å²) in [5.74, 6) is 0.283. The van der Waals surface area contributed by atoms with Gasteiger partial charge in [0.15, 0.2) is 0 Å². The summed E-state index contributed by atoms with van der Waals surface area (Å²) in [7, 11) is 0. The van der Waals surface area contributed by atoms with E-state index in [2.05, 4.69) is 9.97 Å². The predicted octanol–water partition coefficient (Wildman–Crippen LogP) is 2.74. The van der Waals surface area contributed by atoms with E-state index >= 15 is 0 Å². The van der Waals surface area contributed by atoms with Crippen molar-refractivity contribution < 1.29 is 8.78 Å². The first kappa shape index (κ1) is 10.4. The SMILES string of the molecule is O=c1[nH]cnc2c(C3CC3)cc(C(F)F)cc12. The van der Waals surface area contributed by atoms with Gasteiger partial charge in [0.25, 0.3) is 12.0 Å². The molecule has 17 heavy (non-hydrogen) atoms. The van der Waals surface area contributed by atoms with Gasteiger partial charge in [0.1, 0.15) is 0 Å². The van der Waals surface area contributed by atoms with E-state index < -0.39 is 6.43 Å². The quantitative estimate of drug-likeness (QED) is 0.871. The molecule has 1 saturated carbocycles. The van der Waals surface area contributed by atoms with Crippen molar-refractivity contribution in [2.24, 2.45) is 0 Å². The minimum absolute atomic E-state index is 0.0992. The molecular formula is C12H10F2N2O. The van der Waals surface area contributed by atoms with Crippen molar-refractivity contribution in [3.8, 4) is 0 Å². The number of H-pyrrole nitrogens is 1. The van der Waals surface area contributed by atoms with E-state index in [0.29, 0.717) is 5.52 Å². The summed E-state index contributed by atoms with van der Waals surface area (Å²) in [6, 6.07) is 2.72. The number of fused-ring (bicyclic) bond motifs is 1. The Labute approximate surface area is 95.5 Å². The van der Waals surface area contributed by atoms with Gasteiger partial charge >= 0.3 is 0 Å². The number of nitrogens with one attached hydrogen (secondary N) is 1. The monoisotopic (exact) mass is 236 g/mol. The number of rotatable bonds is 2. The molecule has 0 radical (unpaired) electrons. The Kier molecular flexibility index (Phi) is 2.21. The first-order valence-electron chi connectivity index (χ1n) is 5.46. The summed E-state index contributed by atoms with van der Waals surface area (Å²) in [6.45, 7) is 0. The molecule has 1 aliphatic rings. The molecule has 2 aromatic rings. The molecule has 88 valence electrons. The Hall–Kier alpha value is -1.78. The van der Waals surface area contributed by atoms with Gasteiger partial charge in [-0.05, 0) is 36.5 Å². The van der Waals surface area contributed by atoms with Crippen molar-refractivity contribution >= 4 is 10.9 Å². The van der Waals surface area contributed by atoms with Crippen LogP contribution in [0.1, 0.15) is 36.3 Å². The molecule has 1 heterocycles. The molecule has 0 unspecified atom stereocenters. The van der Waals surface area contributed by atoms with E-state index in [9.17, 15) is 13.6 Å². The predicted molar refractivity (Wildman–Crippen MR) is 59.3 cm³/mol. The van der Waals surface area contributed by atoms with E-state index in [0.717, 1.165) is 18.4 Å². The molecule has 1 N–H and O–H groups in total. The number of benzene rings is 1. The highest BCUT2D eigenvalue weighted by atomic mass is 19.3. The van der Waals surface area contributed by atoms with E-state index in [4.69, 9.17) is 0 Å². The Balaban J connectivity index is 2.35. The average Bonchev–Trinajstić information content (AvgIpc) is 3.12. The summed E-state index contributed by atoms with van der Waals surface area (Å²) in [6.07, 6.45) is 0.724. The van der Waals surface area contributed by atoms with Crippen molar-refractivity contribution in [2.45, 2.75) is 25.2 Å². The van der Waals surface area contributed by atoms with Gasteiger partial charge in [0.05, 0.1) is 17.2 Å². The van der Waals surface area contributed by atoms with Crippen LogP contribution in [0.15, 0.2) is 23.3 Å². The third-order valence-electron chi connectivity index (χ3n) is 3.06. The van der Waals surface area contributed by atoms with Gasteiger partial charge in [-0.1, -0.05) is 0 Å². The van der Waals surface area contributed by atoms with Gasteiger partial charge < -0.3 is 4.98 Å². The van der Waals surface area contributed by atoms with E-state index in [1.165, 1.54) is 18.5 Å². The maximum Gasteiger partial charge on any atom is 0.263 e. The molecule has 0 aliphatic heterocycles. The standard InChI is InChI=1S/C12H10F2N2O/c13-11(14)7-3-8(6-1-2-6)10-9(4-7)12(17)16-5-15-10/h3-6,11H,1-2H2,(H,15,16,17). The Bertz CT molecular complexity index is 632. The summed E-state index contributed by atoms with van der Waals surface area (Å²) in [5, 5.41) is 0.257. The fourth-order valence-corrected chi connectivity index (χ4v) is 2.06. The summed E-state index contributed by atoms with van der Waals surface area (Å²) in [4.78, 5) is 18.1. The number of hydrogen-bond acceptors (Lipinski definition) is 2. The molecule has 0 spiro atoms. The Morgan fingerprint density at radius 3 is 2.76 bits per heavy atom. The van der Waals surface area contributed by atoms with Crippen LogP contribution in [-0.2, 0) is 0 Å². The summed E-state index contributed by atoms with van der Waals surface area (Å²) in [5.41, 5.74) is 0.877. The largest absolute Gasteiger partial charge is 0.313 e. The number of alkyl halides is 2. The van der Waals surface area contributed by atoms with Crippen LogP contribution in [0.2, 0.25) is 0 Å². The van der Waals surface area contributed by atoms with E-state index in [1.807, 2.05) is 0 Å². The molecular weight excluding hydrogens is 226 g/mol. The van der Waals surface area contributed by atoms with Gasteiger partial charge in [0, 0.05) is 5.56 Å². The van der Waals surface area contributed by atoms with Crippen LogP contribution in [0.3, 0.4) is 0 Å². The van der Waals surface area contributed by atoms with Crippen molar-refractivity contribution in [3.05, 3.63) is 39.9 Å². The molecule has 5 heteroatoms. The van der Waals surface area contributed by atoms with Crippen LogP contribution in [-0.4, -0.2) is 9.97 Å². The minimum Gasteiger partial charge on any atom is -0.313 e. The highest BCUT2D eigenvalue weighted by molar-refractivity contribution is 5.82. The Morgan fingerprint density at radius 1 is 1.35 bits per heavy atom. The van der Waals surface area contributed by atoms with Gasteiger partial charge in [0.2, 0.25) is 0 Å². The fourth-order valence-electron chi connectivity index (χ4n) is 2.06. The third kappa shape index (κ3) is 1.71. The van der Waals surface area contributed by atoms with Crippen molar-refractivity contribution in [1.29, 1.82) is 0 Å². The van der Waals surface area contributed by atoms with Crippen LogP contribution in [0.5, 0.6) is 0 Å². The molecule has 1 aliphatic carbocycles. The zero-order valence-electron chi connectivity index (χ0n) is 8.91. The second kappa shape index (κ2) is 3.61. The van der Waals surface area contributed by atoms with Crippen molar-refractivity contribution in [2.75, 3.05) is 0 Å². The lowest BCUT2D eigenvalue weighted by Crippen LogP contribution is -2.08. The zero-order chi connectivity index (χ0) is 12.0. The van der Waals surface area contributed by atoms with Crippen LogP contribution < -0.4 is 5.56 Å². The molecule has 1 aromatic heterocycles. The molecule has 3 nitrogen and oxygen atoms in total. The smallest absolute Gasteiger partial charge is 0.263 e. The van der Waals surface area contributed by atoms with Gasteiger partial charge in [-0.15, -0.1) is 0 Å². The van der Waals surface area contributed by atoms with Crippen LogP contribution >= 0.6 is 0 Å². The maximum absolute atomic E-state index is 12.8. The first-order chi connectivity index (χ1) is 8.16. The van der Waals surface area contributed by atoms with Gasteiger partial charge in [-0.2, -0.15) is 0 Å². The Morgan fingerprint density at radius 2 is 2.12 bits per heavy atom. The van der Waals surface area contributed by atoms with Crippen molar-refractivity contribution in [1.82, 2.24) is 9.97 Å². The van der Waals surface area contributed by atoms with E-state index in [1.54, 1.807) is 0 Å². The molecule has 3 rings (SSSR count).